The summed E-state index contributed by atoms with van der Waals surface area (Å²) >= 11 is 0. The second kappa shape index (κ2) is 7.61. The van der Waals surface area contributed by atoms with Crippen molar-refractivity contribution in [3.8, 4) is 5.75 Å². The molecule has 5 nitrogen and oxygen atoms in total. The second-order valence-electron chi connectivity index (χ2n) is 5.82. The molecule has 0 unspecified atom stereocenters. The summed E-state index contributed by atoms with van der Waals surface area (Å²) in [7, 11) is 0. The van der Waals surface area contributed by atoms with Crippen molar-refractivity contribution >= 4 is 5.91 Å². The predicted octanol–water partition coefficient (Wildman–Crippen LogP) is 1.82. The van der Waals surface area contributed by atoms with Crippen LogP contribution in [0.2, 0.25) is 0 Å². The van der Waals surface area contributed by atoms with Gasteiger partial charge in [0, 0.05) is 19.6 Å². The minimum Gasteiger partial charge on any atom is -0.493 e. The molecule has 1 aromatic rings. The van der Waals surface area contributed by atoms with E-state index in [-0.39, 0.29) is 18.6 Å². The zero-order valence-corrected chi connectivity index (χ0v) is 12.8. The number of ether oxygens (including phenoxy) is 3. The van der Waals surface area contributed by atoms with Crippen LogP contribution in [0, 0.1) is 0 Å². The van der Waals surface area contributed by atoms with E-state index in [9.17, 15) is 4.79 Å². The third-order valence-electron chi connectivity index (χ3n) is 4.05. The van der Waals surface area contributed by atoms with Gasteiger partial charge in [0.2, 0.25) is 5.91 Å². The number of carbonyl (C=O) groups is 1. The van der Waals surface area contributed by atoms with Crippen LogP contribution in [0.15, 0.2) is 18.2 Å². The molecule has 2 aliphatic rings. The molecular formula is C17H23NO4. The Morgan fingerprint density at radius 2 is 2.27 bits per heavy atom. The van der Waals surface area contributed by atoms with E-state index in [1.54, 1.807) is 0 Å². The maximum Gasteiger partial charge on any atom is 0.246 e. The molecule has 22 heavy (non-hydrogen) atoms. The van der Waals surface area contributed by atoms with Crippen LogP contribution in [-0.2, 0) is 27.2 Å². The highest BCUT2D eigenvalue weighted by Crippen LogP contribution is 2.25. The summed E-state index contributed by atoms with van der Waals surface area (Å²) in [4.78, 5) is 11.8. The summed E-state index contributed by atoms with van der Waals surface area (Å²) in [6.07, 6.45) is 4.43. The molecule has 0 aromatic heterocycles. The Morgan fingerprint density at radius 3 is 3.14 bits per heavy atom. The standard InChI is InChI=1S/C17H23NO4/c19-17(12-20-11-15-3-1-2-7-21-15)18-10-13-4-5-16-14(9-13)6-8-22-16/h4-5,9,15H,1-3,6-8,10-12H2,(H,18,19)/t15-/m0/s1. The molecule has 0 bridgehead atoms. The number of hydrogen-bond donors (Lipinski definition) is 1. The van der Waals surface area contributed by atoms with E-state index in [0.717, 1.165) is 43.8 Å². The van der Waals surface area contributed by atoms with Gasteiger partial charge in [-0.15, -0.1) is 0 Å². The molecule has 0 aliphatic carbocycles. The summed E-state index contributed by atoms with van der Waals surface area (Å²) in [5, 5.41) is 2.88. The molecule has 0 saturated carbocycles. The summed E-state index contributed by atoms with van der Waals surface area (Å²) in [6.45, 7) is 2.68. The van der Waals surface area contributed by atoms with Gasteiger partial charge in [-0.1, -0.05) is 12.1 Å². The molecule has 0 spiro atoms. The number of hydrogen-bond acceptors (Lipinski definition) is 4. The quantitative estimate of drug-likeness (QED) is 0.871. The van der Waals surface area contributed by atoms with Gasteiger partial charge < -0.3 is 19.5 Å². The van der Waals surface area contributed by atoms with Crippen molar-refractivity contribution < 1.29 is 19.0 Å². The molecule has 1 saturated heterocycles. The van der Waals surface area contributed by atoms with E-state index < -0.39 is 0 Å². The predicted molar refractivity (Wildman–Crippen MR) is 81.9 cm³/mol. The molecule has 1 amide bonds. The number of fused-ring (bicyclic) bond motifs is 1. The van der Waals surface area contributed by atoms with Gasteiger partial charge in [-0.05, 0) is 36.5 Å². The Morgan fingerprint density at radius 1 is 1.32 bits per heavy atom. The lowest BCUT2D eigenvalue weighted by atomic mass is 10.1. The third-order valence-corrected chi connectivity index (χ3v) is 4.05. The first-order valence-corrected chi connectivity index (χ1v) is 8.02. The number of rotatable bonds is 6. The number of carbonyl (C=O) groups excluding carboxylic acids is 1. The highest BCUT2D eigenvalue weighted by molar-refractivity contribution is 5.77. The summed E-state index contributed by atoms with van der Waals surface area (Å²) in [6, 6.07) is 6.06. The highest BCUT2D eigenvalue weighted by Gasteiger charge is 2.15. The van der Waals surface area contributed by atoms with E-state index >= 15 is 0 Å². The van der Waals surface area contributed by atoms with Crippen LogP contribution in [0.1, 0.15) is 30.4 Å². The summed E-state index contributed by atoms with van der Waals surface area (Å²) < 4.78 is 16.5. The van der Waals surface area contributed by atoms with Crippen LogP contribution >= 0.6 is 0 Å². The number of amides is 1. The molecule has 120 valence electrons. The Kier molecular flexibility index (Phi) is 5.29. The largest absolute Gasteiger partial charge is 0.493 e. The smallest absolute Gasteiger partial charge is 0.246 e. The lowest BCUT2D eigenvalue weighted by molar-refractivity contribution is -0.128. The van der Waals surface area contributed by atoms with Gasteiger partial charge in [-0.25, -0.2) is 0 Å². The topological polar surface area (TPSA) is 56.8 Å². The molecule has 0 radical (unpaired) electrons. The maximum atomic E-state index is 11.8. The normalized spacial score (nSPS) is 20.3. The lowest BCUT2D eigenvalue weighted by Gasteiger charge is -2.22. The molecule has 5 heteroatoms. The van der Waals surface area contributed by atoms with Gasteiger partial charge >= 0.3 is 0 Å². The number of benzene rings is 1. The van der Waals surface area contributed by atoms with Gasteiger partial charge in [-0.2, -0.15) is 0 Å². The van der Waals surface area contributed by atoms with E-state index in [1.165, 1.54) is 12.0 Å². The Labute approximate surface area is 130 Å². The monoisotopic (exact) mass is 305 g/mol. The van der Waals surface area contributed by atoms with Crippen molar-refractivity contribution in [1.82, 2.24) is 5.32 Å². The van der Waals surface area contributed by atoms with Crippen molar-refractivity contribution in [1.29, 1.82) is 0 Å². The van der Waals surface area contributed by atoms with Crippen LogP contribution in [0.25, 0.3) is 0 Å². The maximum absolute atomic E-state index is 11.8. The molecule has 2 aliphatic heterocycles. The molecule has 1 aromatic carbocycles. The first kappa shape index (κ1) is 15.3. The second-order valence-corrected chi connectivity index (χ2v) is 5.82. The van der Waals surface area contributed by atoms with Crippen LogP contribution in [0.4, 0.5) is 0 Å². The van der Waals surface area contributed by atoms with Gasteiger partial charge in [0.05, 0.1) is 19.3 Å². The summed E-state index contributed by atoms with van der Waals surface area (Å²) in [5.41, 5.74) is 2.31. The fourth-order valence-corrected chi connectivity index (χ4v) is 2.82. The van der Waals surface area contributed by atoms with Crippen LogP contribution in [0.5, 0.6) is 5.75 Å². The van der Waals surface area contributed by atoms with Gasteiger partial charge in [0.15, 0.2) is 0 Å². The van der Waals surface area contributed by atoms with Crippen molar-refractivity contribution in [3.63, 3.8) is 0 Å². The van der Waals surface area contributed by atoms with Crippen molar-refractivity contribution in [2.24, 2.45) is 0 Å². The van der Waals surface area contributed by atoms with Crippen LogP contribution in [-0.4, -0.2) is 38.4 Å². The number of nitrogens with one attached hydrogen (secondary N) is 1. The van der Waals surface area contributed by atoms with Gasteiger partial charge in [0.1, 0.15) is 12.4 Å². The van der Waals surface area contributed by atoms with E-state index in [2.05, 4.69) is 11.4 Å². The highest BCUT2D eigenvalue weighted by atomic mass is 16.5. The molecule has 1 atom stereocenters. The molecule has 2 heterocycles. The van der Waals surface area contributed by atoms with E-state index in [1.807, 2.05) is 12.1 Å². The van der Waals surface area contributed by atoms with E-state index in [4.69, 9.17) is 14.2 Å². The van der Waals surface area contributed by atoms with Crippen molar-refractivity contribution in [2.45, 2.75) is 38.3 Å². The SMILES string of the molecule is O=C(COC[C@@H]1CCCCO1)NCc1ccc2c(c1)CCO2. The first-order chi connectivity index (χ1) is 10.8. The molecule has 1 N–H and O–H groups in total. The lowest BCUT2D eigenvalue weighted by Crippen LogP contribution is -2.30. The minimum absolute atomic E-state index is 0.0902. The Bertz CT molecular complexity index is 511. The molecular weight excluding hydrogens is 282 g/mol. The summed E-state index contributed by atoms with van der Waals surface area (Å²) in [5.74, 6) is 0.874. The molecule has 1 fully saturated rings. The fraction of sp³-hybridized carbons (Fsp3) is 0.588. The Balaban J connectivity index is 1.35. The van der Waals surface area contributed by atoms with Crippen molar-refractivity contribution in [3.05, 3.63) is 29.3 Å². The average Bonchev–Trinajstić information content (AvgIpc) is 3.01. The zero-order chi connectivity index (χ0) is 15.2. The van der Waals surface area contributed by atoms with E-state index in [0.29, 0.717) is 13.2 Å². The van der Waals surface area contributed by atoms with Crippen LogP contribution in [0.3, 0.4) is 0 Å². The third kappa shape index (κ3) is 4.21. The van der Waals surface area contributed by atoms with Crippen molar-refractivity contribution in [2.75, 3.05) is 26.4 Å². The van der Waals surface area contributed by atoms with Gasteiger partial charge in [-0.3, -0.25) is 4.79 Å². The Hall–Kier alpha value is -1.59. The van der Waals surface area contributed by atoms with Crippen LogP contribution < -0.4 is 10.1 Å². The average molecular weight is 305 g/mol. The fourth-order valence-electron chi connectivity index (χ4n) is 2.82. The first-order valence-electron chi connectivity index (χ1n) is 8.02. The van der Waals surface area contributed by atoms with Gasteiger partial charge in [0.25, 0.3) is 0 Å². The molecule has 3 rings (SSSR count). The zero-order valence-electron chi connectivity index (χ0n) is 12.8. The minimum atomic E-state index is -0.0902.